The summed E-state index contributed by atoms with van der Waals surface area (Å²) < 4.78 is 32.4. The normalized spacial score (nSPS) is 11.4. The third-order valence-electron chi connectivity index (χ3n) is 2.79. The van der Waals surface area contributed by atoms with E-state index >= 15 is 0 Å². The zero-order valence-corrected chi connectivity index (χ0v) is 14.0. The molecule has 0 saturated heterocycles. The minimum Gasteiger partial charge on any atom is -0.492 e. The molecule has 8 heteroatoms. The third-order valence-corrected chi connectivity index (χ3v) is 4.95. The van der Waals surface area contributed by atoms with Crippen molar-refractivity contribution in [2.45, 2.75) is 18.4 Å². The molecule has 0 bridgehead atoms. The van der Waals surface area contributed by atoms with Crippen LogP contribution in [0.1, 0.15) is 12.5 Å². The van der Waals surface area contributed by atoms with Crippen molar-refractivity contribution in [3.05, 3.63) is 52.3 Å². The maximum absolute atomic E-state index is 12.3. The first-order valence-corrected chi connectivity index (χ1v) is 8.68. The van der Waals surface area contributed by atoms with Crippen molar-refractivity contribution in [2.75, 3.05) is 6.61 Å². The lowest BCUT2D eigenvalue weighted by molar-refractivity contribution is 0.340. The van der Waals surface area contributed by atoms with Gasteiger partial charge in [0.2, 0.25) is 10.0 Å². The first-order valence-electron chi connectivity index (χ1n) is 6.44. The Morgan fingerprint density at radius 1 is 1.18 bits per heavy atom. The van der Waals surface area contributed by atoms with Crippen molar-refractivity contribution in [1.29, 1.82) is 0 Å². The van der Waals surface area contributed by atoms with Crippen molar-refractivity contribution in [3.8, 4) is 5.75 Å². The molecule has 118 valence electrons. The lowest BCUT2D eigenvalue weighted by atomic mass is 10.3. The maximum Gasteiger partial charge on any atom is 0.242 e. The smallest absolute Gasteiger partial charge is 0.242 e. The molecule has 5 nitrogen and oxygen atoms in total. The molecule has 0 radical (unpaired) electrons. The summed E-state index contributed by atoms with van der Waals surface area (Å²) in [4.78, 5) is 3.78. The number of pyridine rings is 1. The van der Waals surface area contributed by atoms with Gasteiger partial charge in [-0.2, -0.15) is 0 Å². The van der Waals surface area contributed by atoms with Crippen LogP contribution in [-0.2, 0) is 16.6 Å². The molecule has 1 aromatic carbocycles. The molecule has 0 amide bonds. The molecule has 0 saturated carbocycles. The van der Waals surface area contributed by atoms with E-state index in [2.05, 4.69) is 9.71 Å². The number of hydrogen-bond acceptors (Lipinski definition) is 4. The highest BCUT2D eigenvalue weighted by molar-refractivity contribution is 7.89. The Balaban J connectivity index is 2.24. The fourth-order valence-corrected chi connectivity index (χ4v) is 3.58. The van der Waals surface area contributed by atoms with Crippen LogP contribution in [0, 0.1) is 0 Å². The quantitative estimate of drug-likeness (QED) is 0.858. The lowest BCUT2D eigenvalue weighted by Gasteiger charge is -2.11. The molecular formula is C14H14Cl2N2O3S. The Labute approximate surface area is 139 Å². The van der Waals surface area contributed by atoms with Gasteiger partial charge in [-0.15, -0.1) is 0 Å². The van der Waals surface area contributed by atoms with Gasteiger partial charge in [-0.3, -0.25) is 4.98 Å². The van der Waals surface area contributed by atoms with E-state index < -0.39 is 10.0 Å². The van der Waals surface area contributed by atoms with Gasteiger partial charge in [0.05, 0.1) is 16.7 Å². The molecule has 2 aromatic rings. The second-order valence-corrected chi connectivity index (χ2v) is 6.88. The zero-order chi connectivity index (χ0) is 16.2. The molecule has 0 aliphatic carbocycles. The number of nitrogens with zero attached hydrogens (tertiary/aromatic N) is 1. The second-order valence-electron chi connectivity index (χ2n) is 4.33. The molecule has 0 unspecified atom stereocenters. The van der Waals surface area contributed by atoms with Crippen molar-refractivity contribution < 1.29 is 13.2 Å². The van der Waals surface area contributed by atoms with Gasteiger partial charge in [0, 0.05) is 25.0 Å². The number of ether oxygens (including phenoxy) is 1. The summed E-state index contributed by atoms with van der Waals surface area (Å²) in [6.07, 6.45) is 3.18. The number of nitrogens with one attached hydrogen (secondary N) is 1. The van der Waals surface area contributed by atoms with Gasteiger partial charge >= 0.3 is 0 Å². The fourth-order valence-electron chi connectivity index (χ4n) is 1.74. The molecule has 1 heterocycles. The van der Waals surface area contributed by atoms with Gasteiger partial charge in [0.25, 0.3) is 0 Å². The van der Waals surface area contributed by atoms with Crippen LogP contribution in [0.15, 0.2) is 41.6 Å². The van der Waals surface area contributed by atoms with E-state index in [-0.39, 0.29) is 21.5 Å². The zero-order valence-electron chi connectivity index (χ0n) is 11.7. The largest absolute Gasteiger partial charge is 0.492 e. The minimum absolute atomic E-state index is 0.0510. The number of sulfonamides is 1. The summed E-state index contributed by atoms with van der Waals surface area (Å²) in [7, 11) is -3.79. The van der Waals surface area contributed by atoms with E-state index in [0.29, 0.717) is 12.4 Å². The predicted octanol–water partition coefficient (Wildman–Crippen LogP) is 3.27. The molecule has 0 atom stereocenters. The SMILES string of the molecule is CCOc1cc(Cl)c(S(=O)(=O)NCc2ccncc2)cc1Cl. The highest BCUT2D eigenvalue weighted by atomic mass is 35.5. The van der Waals surface area contributed by atoms with Crippen LogP contribution >= 0.6 is 23.2 Å². The maximum atomic E-state index is 12.3. The number of benzene rings is 1. The van der Waals surface area contributed by atoms with Crippen LogP contribution in [0.2, 0.25) is 10.0 Å². The van der Waals surface area contributed by atoms with Crippen LogP contribution in [0.5, 0.6) is 5.75 Å². The summed E-state index contributed by atoms with van der Waals surface area (Å²) in [5.74, 6) is 0.349. The molecule has 0 aliphatic rings. The van der Waals surface area contributed by atoms with E-state index in [1.165, 1.54) is 12.1 Å². The molecule has 22 heavy (non-hydrogen) atoms. The van der Waals surface area contributed by atoms with Gasteiger partial charge in [0.1, 0.15) is 10.6 Å². The second kappa shape index (κ2) is 7.28. The molecule has 1 aromatic heterocycles. The molecule has 1 N–H and O–H groups in total. The van der Waals surface area contributed by atoms with Crippen LogP contribution in [0.4, 0.5) is 0 Å². The standard InChI is InChI=1S/C14H14Cl2N2O3S/c1-2-21-13-7-12(16)14(8-11(13)15)22(19,20)18-9-10-3-5-17-6-4-10/h3-8,18H,2,9H2,1H3. The van der Waals surface area contributed by atoms with Gasteiger partial charge < -0.3 is 4.74 Å². The average molecular weight is 361 g/mol. The number of halogens is 2. The first kappa shape index (κ1) is 17.0. The van der Waals surface area contributed by atoms with Crippen LogP contribution in [0.3, 0.4) is 0 Å². The van der Waals surface area contributed by atoms with Crippen LogP contribution < -0.4 is 9.46 Å². The Hall–Kier alpha value is -1.34. The van der Waals surface area contributed by atoms with Crippen molar-refractivity contribution >= 4 is 33.2 Å². The van der Waals surface area contributed by atoms with Crippen molar-refractivity contribution in [1.82, 2.24) is 9.71 Å². The Kier molecular flexibility index (Phi) is 5.63. The van der Waals surface area contributed by atoms with Crippen LogP contribution in [-0.4, -0.2) is 20.0 Å². The van der Waals surface area contributed by atoms with Crippen molar-refractivity contribution in [3.63, 3.8) is 0 Å². The summed E-state index contributed by atoms with van der Waals surface area (Å²) in [6, 6.07) is 6.11. The molecule has 0 spiro atoms. The number of aromatic nitrogens is 1. The predicted molar refractivity (Wildman–Crippen MR) is 85.9 cm³/mol. The van der Waals surface area contributed by atoms with E-state index in [4.69, 9.17) is 27.9 Å². The molecule has 0 aliphatic heterocycles. The van der Waals surface area contributed by atoms with E-state index in [9.17, 15) is 8.42 Å². The Bertz CT molecular complexity index is 752. The van der Waals surface area contributed by atoms with E-state index in [1.54, 1.807) is 31.5 Å². The Morgan fingerprint density at radius 3 is 2.50 bits per heavy atom. The average Bonchev–Trinajstić information content (AvgIpc) is 2.50. The van der Waals surface area contributed by atoms with Gasteiger partial charge in [-0.05, 0) is 30.7 Å². The Morgan fingerprint density at radius 2 is 1.86 bits per heavy atom. The number of hydrogen-bond donors (Lipinski definition) is 1. The van der Waals surface area contributed by atoms with Gasteiger partial charge in [0.15, 0.2) is 0 Å². The van der Waals surface area contributed by atoms with E-state index in [0.717, 1.165) is 5.56 Å². The summed E-state index contributed by atoms with van der Waals surface area (Å²) in [6.45, 7) is 2.33. The highest BCUT2D eigenvalue weighted by Crippen LogP contribution is 2.33. The number of rotatable bonds is 6. The topological polar surface area (TPSA) is 68.3 Å². The molecule has 2 rings (SSSR count). The third kappa shape index (κ3) is 4.10. The van der Waals surface area contributed by atoms with E-state index in [1.807, 2.05) is 0 Å². The fraction of sp³-hybridized carbons (Fsp3) is 0.214. The lowest BCUT2D eigenvalue weighted by Crippen LogP contribution is -2.23. The summed E-state index contributed by atoms with van der Waals surface area (Å²) in [5.41, 5.74) is 0.784. The monoisotopic (exact) mass is 360 g/mol. The van der Waals surface area contributed by atoms with Gasteiger partial charge in [-0.25, -0.2) is 13.1 Å². The van der Waals surface area contributed by atoms with Gasteiger partial charge in [-0.1, -0.05) is 23.2 Å². The van der Waals surface area contributed by atoms with Crippen LogP contribution in [0.25, 0.3) is 0 Å². The minimum atomic E-state index is -3.79. The first-order chi connectivity index (χ1) is 10.4. The van der Waals surface area contributed by atoms with Crippen molar-refractivity contribution in [2.24, 2.45) is 0 Å². The molecule has 0 fully saturated rings. The molecular weight excluding hydrogens is 347 g/mol. The summed E-state index contributed by atoms with van der Waals surface area (Å²) in [5, 5.41) is 0.241. The summed E-state index contributed by atoms with van der Waals surface area (Å²) >= 11 is 12.1. The highest BCUT2D eigenvalue weighted by Gasteiger charge is 2.20.